The van der Waals surface area contributed by atoms with Crippen molar-refractivity contribution in [3.8, 4) is 29.0 Å². The number of anilines is 1. The topological polar surface area (TPSA) is 124 Å². The van der Waals surface area contributed by atoms with E-state index in [-0.39, 0.29) is 34.3 Å². The Morgan fingerprint density at radius 3 is 2.36 bits per heavy atom. The number of rotatable bonds is 7. The van der Waals surface area contributed by atoms with Gasteiger partial charge in [0.05, 0.1) is 6.54 Å². The molecule has 3 aromatic rings. The van der Waals surface area contributed by atoms with E-state index in [9.17, 15) is 5.11 Å². The van der Waals surface area contributed by atoms with Gasteiger partial charge in [0, 0.05) is 50.9 Å². The molecule has 10 nitrogen and oxygen atoms in total. The number of ether oxygens (including phenoxy) is 2. The molecule has 0 radical (unpaired) electrons. The molecule has 204 valence electrons. The Labute approximate surface area is 224 Å². The first-order chi connectivity index (χ1) is 18.7. The maximum absolute atomic E-state index is 15.9. The predicted molar refractivity (Wildman–Crippen MR) is 144 cm³/mol. The number of hydrogen-bond acceptors (Lipinski definition) is 9. The van der Waals surface area contributed by atoms with E-state index in [1.54, 1.807) is 23.1 Å². The van der Waals surface area contributed by atoms with E-state index in [4.69, 9.17) is 20.6 Å². The Kier molecular flexibility index (Phi) is 7.20. The second-order valence-corrected chi connectivity index (χ2v) is 9.44. The van der Waals surface area contributed by atoms with E-state index >= 15 is 8.78 Å². The van der Waals surface area contributed by atoms with Gasteiger partial charge < -0.3 is 35.0 Å². The summed E-state index contributed by atoms with van der Waals surface area (Å²) < 4.78 is 43.2. The first-order valence-corrected chi connectivity index (χ1v) is 12.4. The highest BCUT2D eigenvalue weighted by Gasteiger charge is 2.30. The number of nitrogens with one attached hydrogen (secondary N) is 1. The summed E-state index contributed by atoms with van der Waals surface area (Å²) in [6.07, 6.45) is 0. The highest BCUT2D eigenvalue weighted by Crippen LogP contribution is 2.40. The maximum atomic E-state index is 15.9. The van der Waals surface area contributed by atoms with Crippen LogP contribution in [0.5, 0.6) is 29.0 Å². The summed E-state index contributed by atoms with van der Waals surface area (Å²) in [6.45, 7) is 3.43. The average Bonchev–Trinajstić information content (AvgIpc) is 3.35. The van der Waals surface area contributed by atoms with E-state index in [0.29, 0.717) is 32.7 Å². The van der Waals surface area contributed by atoms with Gasteiger partial charge in [-0.3, -0.25) is 10.4 Å². The number of aromatic hydroxyl groups is 1. The smallest absolute Gasteiger partial charge is 0.261 e. The van der Waals surface area contributed by atoms with Crippen LogP contribution in [0.25, 0.3) is 0 Å². The largest absolute Gasteiger partial charge is 0.504 e. The molecule has 1 aromatic heterocycles. The number of nitrogens with two attached hydrogens (primary N) is 1. The minimum Gasteiger partial charge on any atom is -0.504 e. The Morgan fingerprint density at radius 1 is 0.974 bits per heavy atom. The summed E-state index contributed by atoms with van der Waals surface area (Å²) >= 11 is 0. The lowest BCUT2D eigenvalue weighted by Gasteiger charge is -2.34. The fourth-order valence-electron chi connectivity index (χ4n) is 4.45. The van der Waals surface area contributed by atoms with Gasteiger partial charge in [0.2, 0.25) is 11.6 Å². The summed E-state index contributed by atoms with van der Waals surface area (Å²) in [5.74, 6) is -2.80. The number of phenolic OH excluding ortho intramolecular Hbond substituents is 1. The van der Waals surface area contributed by atoms with Crippen LogP contribution in [0.3, 0.4) is 0 Å². The molecule has 12 heteroatoms. The van der Waals surface area contributed by atoms with Gasteiger partial charge in [-0.1, -0.05) is 12.1 Å². The van der Waals surface area contributed by atoms with E-state index in [1.165, 1.54) is 18.2 Å². The van der Waals surface area contributed by atoms with Crippen LogP contribution in [0.4, 0.5) is 14.5 Å². The van der Waals surface area contributed by atoms with Crippen molar-refractivity contribution >= 4 is 17.4 Å². The molecule has 1 saturated heterocycles. The van der Waals surface area contributed by atoms with Crippen LogP contribution >= 0.6 is 0 Å². The predicted octanol–water partition coefficient (Wildman–Crippen LogP) is 3.38. The molecule has 39 heavy (non-hydrogen) atoms. The van der Waals surface area contributed by atoms with Crippen molar-refractivity contribution in [1.82, 2.24) is 14.8 Å². The molecule has 0 aliphatic carbocycles. The Balaban J connectivity index is 1.55. The minimum atomic E-state index is -1.03. The van der Waals surface area contributed by atoms with Crippen molar-refractivity contribution in [2.45, 2.75) is 0 Å². The quantitative estimate of drug-likeness (QED) is 0.310. The van der Waals surface area contributed by atoms with E-state index in [2.05, 4.69) is 14.9 Å². The van der Waals surface area contributed by atoms with Gasteiger partial charge in [0.1, 0.15) is 23.1 Å². The van der Waals surface area contributed by atoms with Gasteiger partial charge in [0.15, 0.2) is 11.5 Å². The number of phenols is 1. The summed E-state index contributed by atoms with van der Waals surface area (Å²) in [4.78, 5) is 14.2. The molecule has 1 fully saturated rings. The van der Waals surface area contributed by atoms with Crippen LogP contribution in [0.15, 0.2) is 47.5 Å². The molecule has 2 aliphatic rings. The van der Waals surface area contributed by atoms with Crippen LogP contribution in [-0.2, 0) is 0 Å². The summed E-state index contributed by atoms with van der Waals surface area (Å²) in [5.41, 5.74) is 6.25. The number of benzene rings is 2. The molecular weight excluding hydrogens is 508 g/mol. The van der Waals surface area contributed by atoms with E-state index < -0.39 is 23.4 Å². The number of nitrogens with zero attached hydrogens (tertiary/aromatic N) is 5. The van der Waals surface area contributed by atoms with E-state index in [0.717, 1.165) is 17.9 Å². The third-order valence-corrected chi connectivity index (χ3v) is 6.66. The Hall–Kier alpha value is -4.45. The summed E-state index contributed by atoms with van der Waals surface area (Å²) in [6, 6.07) is 10.9. The number of aromatic nitrogens is 1. The highest BCUT2D eigenvalue weighted by molar-refractivity contribution is 6.00. The van der Waals surface area contributed by atoms with Crippen LogP contribution in [0, 0.1) is 17.0 Å². The fourth-order valence-corrected chi connectivity index (χ4v) is 4.45. The number of amidine groups is 2. The molecule has 0 atom stereocenters. The van der Waals surface area contributed by atoms with Crippen molar-refractivity contribution in [3.05, 3.63) is 65.2 Å². The first kappa shape index (κ1) is 26.2. The number of aliphatic imine (C=N–C) groups is 1. The molecule has 0 unspecified atom stereocenters. The van der Waals surface area contributed by atoms with Crippen molar-refractivity contribution in [2.75, 3.05) is 58.3 Å². The molecule has 4 N–H and O–H groups in total. The van der Waals surface area contributed by atoms with Crippen molar-refractivity contribution in [3.63, 3.8) is 0 Å². The molecular formula is C27H29F2N7O3. The van der Waals surface area contributed by atoms with Gasteiger partial charge in [-0.15, -0.1) is 0 Å². The van der Waals surface area contributed by atoms with Gasteiger partial charge in [-0.25, -0.2) is 0 Å². The SMILES string of the molecule is CN1CCN(c2c(F)c(Oc3cccc(C4=NCCN4C)c3)nc(Oc3cc(C(=N)N)ccc3O)c2F)CC1. The van der Waals surface area contributed by atoms with E-state index in [1.807, 2.05) is 25.1 Å². The van der Waals surface area contributed by atoms with Gasteiger partial charge in [-0.05, 0) is 37.4 Å². The average molecular weight is 538 g/mol. The Bertz CT molecular complexity index is 1440. The van der Waals surface area contributed by atoms with Crippen LogP contribution in [0.1, 0.15) is 11.1 Å². The number of halogens is 2. The molecule has 0 saturated carbocycles. The number of piperazine rings is 1. The summed E-state index contributed by atoms with van der Waals surface area (Å²) in [5, 5.41) is 18.0. The number of pyridine rings is 1. The lowest BCUT2D eigenvalue weighted by molar-refractivity contribution is 0.307. The molecule has 2 aromatic carbocycles. The molecule has 5 rings (SSSR count). The van der Waals surface area contributed by atoms with Crippen molar-refractivity contribution < 1.29 is 23.4 Å². The van der Waals surface area contributed by atoms with Crippen molar-refractivity contribution in [2.24, 2.45) is 10.7 Å². The first-order valence-electron chi connectivity index (χ1n) is 12.4. The third-order valence-electron chi connectivity index (χ3n) is 6.66. The molecule has 2 aliphatic heterocycles. The van der Waals surface area contributed by atoms with Crippen LogP contribution in [-0.4, -0.2) is 84.9 Å². The lowest BCUT2D eigenvalue weighted by atomic mass is 10.2. The minimum absolute atomic E-state index is 0.194. The van der Waals surface area contributed by atoms with Gasteiger partial charge in [0.25, 0.3) is 11.8 Å². The summed E-state index contributed by atoms with van der Waals surface area (Å²) in [7, 11) is 3.87. The second kappa shape index (κ2) is 10.7. The van der Waals surface area contributed by atoms with Crippen molar-refractivity contribution in [1.29, 1.82) is 5.41 Å². The van der Waals surface area contributed by atoms with Gasteiger partial charge >= 0.3 is 0 Å². The molecule has 0 bridgehead atoms. The molecule has 3 heterocycles. The van der Waals surface area contributed by atoms with Crippen LogP contribution in [0.2, 0.25) is 0 Å². The highest BCUT2D eigenvalue weighted by atomic mass is 19.1. The van der Waals surface area contributed by atoms with Gasteiger partial charge in [-0.2, -0.15) is 13.8 Å². The standard InChI is InChI=1S/C27H29F2N7O3/c1-34-10-12-36(13-11-34)23-21(28)26(38-18-5-3-4-17(14-18)25-32-8-9-35(25)2)33-27(22(23)29)39-20-15-16(24(30)31)6-7-19(20)37/h3-7,14-15,37H,8-13H2,1-2H3,(H3,30,31). The normalized spacial score (nSPS) is 15.8. The Morgan fingerprint density at radius 2 is 1.69 bits per heavy atom. The second-order valence-electron chi connectivity index (χ2n) is 9.44. The molecule has 0 spiro atoms. The number of hydrogen-bond donors (Lipinski definition) is 3. The monoisotopic (exact) mass is 537 g/mol. The zero-order valence-electron chi connectivity index (χ0n) is 21.6. The maximum Gasteiger partial charge on any atom is 0.261 e. The fraction of sp³-hybridized carbons (Fsp3) is 0.296. The number of likely N-dealkylation sites (N-methyl/N-ethyl adjacent to an activating group) is 2. The third kappa shape index (κ3) is 5.41. The molecule has 0 amide bonds. The zero-order valence-corrected chi connectivity index (χ0v) is 21.6. The lowest BCUT2D eigenvalue weighted by Crippen LogP contribution is -2.45. The zero-order chi connectivity index (χ0) is 27.7. The number of nitrogen functional groups attached to an aromatic ring is 1. The van der Waals surface area contributed by atoms with Crippen LogP contribution < -0.4 is 20.1 Å².